The molecule has 1 aromatic heterocycles. The third kappa shape index (κ3) is 3.08. The van der Waals surface area contributed by atoms with Crippen molar-refractivity contribution in [2.45, 2.75) is 13.0 Å². The Morgan fingerprint density at radius 3 is 2.82 bits per heavy atom. The van der Waals surface area contributed by atoms with E-state index in [0.29, 0.717) is 0 Å². The van der Waals surface area contributed by atoms with Gasteiger partial charge in [0.1, 0.15) is 0 Å². The van der Waals surface area contributed by atoms with Gasteiger partial charge in [-0.1, -0.05) is 0 Å². The van der Waals surface area contributed by atoms with Crippen molar-refractivity contribution >= 4 is 0 Å². The zero-order valence-corrected chi connectivity index (χ0v) is 6.86. The molecule has 11 heavy (non-hydrogen) atoms. The fraction of sp³-hybridized carbons (Fsp3) is 0.833. The zero-order chi connectivity index (χ0) is 8.10. The van der Waals surface area contributed by atoms with E-state index in [4.69, 9.17) is 0 Å². The average molecular weight is 154 g/mol. The lowest BCUT2D eigenvalue weighted by Gasteiger charge is -2.07. The molecule has 0 saturated heterocycles. The summed E-state index contributed by atoms with van der Waals surface area (Å²) in [6, 6.07) is 0. The molecule has 0 spiro atoms. The van der Waals surface area contributed by atoms with Crippen LogP contribution in [0.1, 0.15) is 6.42 Å². The van der Waals surface area contributed by atoms with Crippen molar-refractivity contribution in [2.24, 2.45) is 0 Å². The Kier molecular flexibility index (Phi) is 2.97. The van der Waals surface area contributed by atoms with E-state index in [1.165, 1.54) is 0 Å². The standard InChI is InChI=1S/C6H12N5/c1-10(2)4-3-5-11-6-7-8-9-11/h3-5H2,1-2H3. The SMILES string of the molecule is CN(C)CCCn1[c]nnn1. The number of aromatic nitrogens is 4. The molecule has 61 valence electrons. The highest BCUT2D eigenvalue weighted by Crippen LogP contribution is 1.86. The van der Waals surface area contributed by atoms with Crippen LogP contribution >= 0.6 is 0 Å². The topological polar surface area (TPSA) is 46.8 Å². The largest absolute Gasteiger partial charge is 0.309 e. The monoisotopic (exact) mass is 154 g/mol. The lowest BCUT2D eigenvalue weighted by atomic mass is 10.4. The highest BCUT2D eigenvalue weighted by Gasteiger charge is 1.93. The van der Waals surface area contributed by atoms with Crippen LogP contribution in [0.25, 0.3) is 0 Å². The first-order chi connectivity index (χ1) is 5.29. The van der Waals surface area contributed by atoms with E-state index in [-0.39, 0.29) is 0 Å². The maximum absolute atomic E-state index is 3.69. The molecule has 0 aliphatic rings. The van der Waals surface area contributed by atoms with E-state index >= 15 is 0 Å². The molecule has 0 atom stereocenters. The molecule has 0 aliphatic heterocycles. The summed E-state index contributed by atoms with van der Waals surface area (Å²) in [4.78, 5) is 2.13. The second-order valence-corrected chi connectivity index (χ2v) is 2.66. The minimum absolute atomic E-state index is 0.838. The molecule has 0 aliphatic carbocycles. The molecule has 1 rings (SSSR count). The molecule has 5 heteroatoms. The number of nitrogens with zero attached hydrogens (tertiary/aromatic N) is 5. The van der Waals surface area contributed by atoms with Gasteiger partial charge in [-0.2, -0.15) is 0 Å². The highest BCUT2D eigenvalue weighted by atomic mass is 15.5. The number of aryl methyl sites for hydroxylation is 1. The van der Waals surface area contributed by atoms with Gasteiger partial charge in [0, 0.05) is 6.54 Å². The maximum atomic E-state index is 3.69. The van der Waals surface area contributed by atoms with Gasteiger partial charge in [-0.15, -0.1) is 5.10 Å². The van der Waals surface area contributed by atoms with Crippen molar-refractivity contribution in [3.63, 3.8) is 0 Å². The molecular weight excluding hydrogens is 142 g/mol. The van der Waals surface area contributed by atoms with Gasteiger partial charge in [0.05, 0.1) is 0 Å². The van der Waals surface area contributed by atoms with E-state index in [2.05, 4.69) is 26.8 Å². The van der Waals surface area contributed by atoms with Gasteiger partial charge >= 0.3 is 0 Å². The van der Waals surface area contributed by atoms with Crippen LogP contribution in [0.4, 0.5) is 0 Å². The third-order valence-electron chi connectivity index (χ3n) is 1.33. The quantitative estimate of drug-likeness (QED) is 0.582. The summed E-state index contributed by atoms with van der Waals surface area (Å²) >= 11 is 0. The predicted molar refractivity (Wildman–Crippen MR) is 39.8 cm³/mol. The molecule has 1 radical (unpaired) electrons. The minimum Gasteiger partial charge on any atom is -0.309 e. The zero-order valence-electron chi connectivity index (χ0n) is 6.86. The summed E-state index contributed by atoms with van der Waals surface area (Å²) < 4.78 is 1.61. The van der Waals surface area contributed by atoms with Gasteiger partial charge in [-0.25, -0.2) is 4.68 Å². The first kappa shape index (κ1) is 8.13. The van der Waals surface area contributed by atoms with Gasteiger partial charge in [-0.3, -0.25) is 0 Å². The van der Waals surface area contributed by atoms with Crippen LogP contribution in [0, 0.1) is 6.33 Å². The summed E-state index contributed by atoms with van der Waals surface area (Å²) in [6.07, 6.45) is 3.69. The van der Waals surface area contributed by atoms with Gasteiger partial charge in [0.25, 0.3) is 0 Å². The van der Waals surface area contributed by atoms with Crippen molar-refractivity contribution in [3.8, 4) is 0 Å². The Bertz CT molecular complexity index is 181. The summed E-state index contributed by atoms with van der Waals surface area (Å²) in [5.74, 6) is 0. The molecule has 0 amide bonds. The molecular formula is C6H12N5. The third-order valence-corrected chi connectivity index (χ3v) is 1.33. The molecule has 5 nitrogen and oxygen atoms in total. The molecule has 0 bridgehead atoms. The Labute approximate surface area is 66.0 Å². The molecule has 0 fully saturated rings. The van der Waals surface area contributed by atoms with E-state index in [1.54, 1.807) is 4.68 Å². The second kappa shape index (κ2) is 4.02. The number of rotatable bonds is 4. The summed E-state index contributed by atoms with van der Waals surface area (Å²) in [7, 11) is 4.09. The molecule has 1 heterocycles. The summed E-state index contributed by atoms with van der Waals surface area (Å²) in [5, 5.41) is 10.6. The van der Waals surface area contributed by atoms with Crippen LogP contribution in [-0.2, 0) is 6.54 Å². The van der Waals surface area contributed by atoms with E-state index in [1.807, 2.05) is 14.1 Å². The Balaban J connectivity index is 2.14. The Hall–Kier alpha value is -0.970. The van der Waals surface area contributed by atoms with Gasteiger partial charge < -0.3 is 4.90 Å². The van der Waals surface area contributed by atoms with Gasteiger partial charge in [0.2, 0.25) is 6.33 Å². The van der Waals surface area contributed by atoms with Crippen LogP contribution in [0.5, 0.6) is 0 Å². The number of hydrogen-bond donors (Lipinski definition) is 0. The highest BCUT2D eigenvalue weighted by molar-refractivity contribution is 4.47. The van der Waals surface area contributed by atoms with Crippen molar-refractivity contribution in [1.82, 2.24) is 25.1 Å². The van der Waals surface area contributed by atoms with Crippen LogP contribution in [0.15, 0.2) is 0 Å². The van der Waals surface area contributed by atoms with Crippen LogP contribution in [0.3, 0.4) is 0 Å². The molecule has 0 aromatic carbocycles. The number of tetrazole rings is 1. The molecule has 0 N–H and O–H groups in total. The minimum atomic E-state index is 0.838. The van der Waals surface area contributed by atoms with Crippen LogP contribution < -0.4 is 0 Å². The first-order valence-corrected chi connectivity index (χ1v) is 3.57. The maximum Gasteiger partial charge on any atom is 0.221 e. The Morgan fingerprint density at radius 2 is 2.27 bits per heavy atom. The Morgan fingerprint density at radius 1 is 1.45 bits per heavy atom. The number of hydrogen-bond acceptors (Lipinski definition) is 4. The fourth-order valence-electron chi connectivity index (χ4n) is 0.791. The molecule has 0 unspecified atom stereocenters. The van der Waals surface area contributed by atoms with Crippen LogP contribution in [0.2, 0.25) is 0 Å². The normalized spacial score (nSPS) is 10.8. The van der Waals surface area contributed by atoms with Gasteiger partial charge in [0.15, 0.2) is 0 Å². The van der Waals surface area contributed by atoms with E-state index in [9.17, 15) is 0 Å². The fourth-order valence-corrected chi connectivity index (χ4v) is 0.791. The molecule has 1 aromatic rings. The van der Waals surface area contributed by atoms with Crippen molar-refractivity contribution < 1.29 is 0 Å². The predicted octanol–water partition coefficient (Wildman–Crippen LogP) is -0.575. The lowest BCUT2D eigenvalue weighted by Crippen LogP contribution is -2.15. The van der Waals surface area contributed by atoms with Crippen molar-refractivity contribution in [2.75, 3.05) is 20.6 Å². The van der Waals surface area contributed by atoms with E-state index < -0.39 is 0 Å². The first-order valence-electron chi connectivity index (χ1n) is 3.57. The van der Waals surface area contributed by atoms with Gasteiger partial charge in [-0.05, 0) is 37.5 Å². The summed E-state index contributed by atoms with van der Waals surface area (Å²) in [6.45, 7) is 1.89. The summed E-state index contributed by atoms with van der Waals surface area (Å²) in [5.41, 5.74) is 0. The molecule has 0 saturated carbocycles. The van der Waals surface area contributed by atoms with Crippen LogP contribution in [-0.4, -0.2) is 45.7 Å². The van der Waals surface area contributed by atoms with Crippen molar-refractivity contribution in [1.29, 1.82) is 0 Å². The van der Waals surface area contributed by atoms with Crippen molar-refractivity contribution in [3.05, 3.63) is 6.33 Å². The average Bonchev–Trinajstić information content (AvgIpc) is 2.39. The van der Waals surface area contributed by atoms with E-state index in [0.717, 1.165) is 19.5 Å². The lowest BCUT2D eigenvalue weighted by molar-refractivity contribution is 0.378. The smallest absolute Gasteiger partial charge is 0.221 e. The second-order valence-electron chi connectivity index (χ2n) is 2.66.